The second kappa shape index (κ2) is 12.0. The van der Waals surface area contributed by atoms with Crippen LogP contribution < -0.4 is 4.74 Å². The van der Waals surface area contributed by atoms with Crippen molar-refractivity contribution in [2.24, 2.45) is 5.92 Å². The number of carboxylic acid groups (broad SMARTS) is 1. The smallest absolute Gasteiger partial charge is 0.337 e. The molecule has 1 N–H and O–H groups in total. The van der Waals surface area contributed by atoms with Gasteiger partial charge in [0.15, 0.2) is 29.1 Å². The maximum absolute atomic E-state index is 15.6. The summed E-state index contributed by atoms with van der Waals surface area (Å²) in [7, 11) is 0. The molecule has 0 radical (unpaired) electrons. The lowest BCUT2D eigenvalue weighted by molar-refractivity contribution is -0.160. The summed E-state index contributed by atoms with van der Waals surface area (Å²) in [4.78, 5) is 31.3. The Morgan fingerprint density at radius 1 is 1.09 bits per heavy atom. The minimum atomic E-state index is -1.41. The number of ketones is 1. The Morgan fingerprint density at radius 2 is 1.80 bits per heavy atom. The second-order valence-electron chi connectivity index (χ2n) is 13.3. The Morgan fingerprint density at radius 3 is 2.47 bits per heavy atom. The molecule has 0 saturated heterocycles. The first-order valence-electron chi connectivity index (χ1n) is 15.8. The standard InChI is InChI=1S/C36H40FN3O5/c1-20-25-12-9-17-44-33(25)27(37)18-26(20)31-30(34(35(42)43)45-36(3,4)5)21(2)38-29-19-28(39-40(29)31)32(41)24-15-13-23(14-16-24)22-10-7-6-8-11-22/h6-8,10-11,18-19,23-24,34H,9,12-17H2,1-5H3,(H,42,43). The van der Waals surface area contributed by atoms with Crippen molar-refractivity contribution in [2.45, 2.75) is 90.8 Å². The van der Waals surface area contributed by atoms with Crippen LogP contribution in [0.15, 0.2) is 42.5 Å². The molecule has 1 unspecified atom stereocenters. The first-order valence-corrected chi connectivity index (χ1v) is 15.8. The Hall–Kier alpha value is -4.11. The molecule has 236 valence electrons. The zero-order valence-electron chi connectivity index (χ0n) is 26.5. The number of aromatic nitrogens is 3. The van der Waals surface area contributed by atoms with Crippen molar-refractivity contribution in [3.63, 3.8) is 0 Å². The van der Waals surface area contributed by atoms with Crippen molar-refractivity contribution in [1.82, 2.24) is 14.6 Å². The Labute approximate surface area is 262 Å². The summed E-state index contributed by atoms with van der Waals surface area (Å²) in [5.41, 5.74) is 4.16. The minimum absolute atomic E-state index is 0.0559. The van der Waals surface area contributed by atoms with Crippen LogP contribution in [0.5, 0.6) is 5.75 Å². The van der Waals surface area contributed by atoms with Gasteiger partial charge in [-0.15, -0.1) is 0 Å². The van der Waals surface area contributed by atoms with E-state index in [0.29, 0.717) is 41.5 Å². The number of carbonyl (C=O) groups is 2. The van der Waals surface area contributed by atoms with E-state index in [1.807, 2.05) is 13.0 Å². The van der Waals surface area contributed by atoms with E-state index < -0.39 is 23.5 Å². The quantitative estimate of drug-likeness (QED) is 0.214. The fourth-order valence-corrected chi connectivity index (χ4v) is 6.94. The topological polar surface area (TPSA) is 103 Å². The van der Waals surface area contributed by atoms with Crippen LogP contribution in [0.3, 0.4) is 0 Å². The number of benzene rings is 2. The number of halogens is 1. The number of Topliss-reactive ketones (excluding diaryl/α,β-unsaturated/α-hetero) is 1. The van der Waals surface area contributed by atoms with E-state index in [1.165, 1.54) is 16.1 Å². The molecule has 2 aromatic heterocycles. The molecule has 9 heteroatoms. The summed E-state index contributed by atoms with van der Waals surface area (Å²) in [5, 5.41) is 15.2. The maximum atomic E-state index is 15.6. The van der Waals surface area contributed by atoms with E-state index in [9.17, 15) is 14.7 Å². The van der Waals surface area contributed by atoms with E-state index in [-0.39, 0.29) is 28.7 Å². The summed E-state index contributed by atoms with van der Waals surface area (Å²) < 4.78 is 28.9. The van der Waals surface area contributed by atoms with Crippen LogP contribution >= 0.6 is 0 Å². The third-order valence-corrected chi connectivity index (χ3v) is 9.10. The molecular weight excluding hydrogens is 573 g/mol. The van der Waals surface area contributed by atoms with Crippen molar-refractivity contribution in [3.8, 4) is 17.0 Å². The summed E-state index contributed by atoms with van der Waals surface area (Å²) in [6.07, 6.45) is 3.30. The molecule has 2 aromatic carbocycles. The van der Waals surface area contributed by atoms with Crippen LogP contribution in [-0.2, 0) is 16.0 Å². The van der Waals surface area contributed by atoms with Crippen LogP contribution in [0.4, 0.5) is 4.39 Å². The van der Waals surface area contributed by atoms with Gasteiger partial charge in [0.2, 0.25) is 0 Å². The lowest BCUT2D eigenvalue weighted by atomic mass is 9.77. The zero-order valence-corrected chi connectivity index (χ0v) is 26.5. The molecular formula is C36H40FN3O5. The van der Waals surface area contributed by atoms with Crippen LogP contribution in [0.1, 0.15) is 103 Å². The number of hydrogen-bond donors (Lipinski definition) is 1. The van der Waals surface area contributed by atoms with Crippen LogP contribution in [0.25, 0.3) is 16.9 Å². The second-order valence-corrected chi connectivity index (χ2v) is 13.3. The maximum Gasteiger partial charge on any atom is 0.337 e. The van der Waals surface area contributed by atoms with Gasteiger partial charge in [-0.3, -0.25) is 4.79 Å². The van der Waals surface area contributed by atoms with E-state index in [4.69, 9.17) is 19.6 Å². The fraction of sp³-hybridized carbons (Fsp3) is 0.444. The highest BCUT2D eigenvalue weighted by atomic mass is 19.1. The van der Waals surface area contributed by atoms with Gasteiger partial charge >= 0.3 is 5.97 Å². The van der Waals surface area contributed by atoms with E-state index in [2.05, 4.69) is 24.3 Å². The summed E-state index contributed by atoms with van der Waals surface area (Å²) >= 11 is 0. The number of carbonyl (C=O) groups excluding carboxylic acids is 1. The molecule has 6 rings (SSSR count). The van der Waals surface area contributed by atoms with Gasteiger partial charge in [0.25, 0.3) is 0 Å². The fourth-order valence-electron chi connectivity index (χ4n) is 6.94. The van der Waals surface area contributed by atoms with Gasteiger partial charge in [-0.25, -0.2) is 18.7 Å². The van der Waals surface area contributed by atoms with E-state index in [1.54, 1.807) is 33.8 Å². The van der Waals surface area contributed by atoms with Gasteiger partial charge in [0, 0.05) is 34.4 Å². The number of ether oxygens (including phenoxy) is 2. The van der Waals surface area contributed by atoms with Gasteiger partial charge in [-0.1, -0.05) is 30.3 Å². The minimum Gasteiger partial charge on any atom is -0.490 e. The summed E-state index contributed by atoms with van der Waals surface area (Å²) in [6.45, 7) is 9.37. The Kier molecular flexibility index (Phi) is 8.24. The van der Waals surface area contributed by atoms with Crippen molar-refractivity contribution in [1.29, 1.82) is 0 Å². The highest BCUT2D eigenvalue weighted by molar-refractivity contribution is 5.97. The van der Waals surface area contributed by atoms with Crippen LogP contribution in [0, 0.1) is 25.6 Å². The molecule has 45 heavy (non-hydrogen) atoms. The Balaban J connectivity index is 1.47. The van der Waals surface area contributed by atoms with Gasteiger partial charge in [-0.05, 0) is 96.3 Å². The molecule has 2 aliphatic rings. The third-order valence-electron chi connectivity index (χ3n) is 9.10. The number of rotatable bonds is 7. The average molecular weight is 614 g/mol. The molecule has 1 atom stereocenters. The van der Waals surface area contributed by atoms with E-state index in [0.717, 1.165) is 43.2 Å². The Bertz CT molecular complexity index is 1770. The predicted molar refractivity (Wildman–Crippen MR) is 168 cm³/mol. The first kappa shape index (κ1) is 30.9. The lowest BCUT2D eigenvalue weighted by Gasteiger charge is -2.28. The predicted octanol–water partition coefficient (Wildman–Crippen LogP) is 7.57. The van der Waals surface area contributed by atoms with Crippen molar-refractivity contribution < 1.29 is 28.6 Å². The number of aliphatic carboxylic acids is 1. The highest BCUT2D eigenvalue weighted by Crippen LogP contribution is 2.42. The van der Waals surface area contributed by atoms with Crippen molar-refractivity contribution in [2.75, 3.05) is 6.61 Å². The molecule has 0 bridgehead atoms. The number of nitrogens with zero attached hydrogens (tertiary/aromatic N) is 3. The van der Waals surface area contributed by atoms with Gasteiger partial charge in [0.05, 0.1) is 17.9 Å². The lowest BCUT2D eigenvalue weighted by Crippen LogP contribution is -2.29. The molecule has 1 aliphatic heterocycles. The van der Waals surface area contributed by atoms with Crippen LogP contribution in [0.2, 0.25) is 0 Å². The molecule has 0 spiro atoms. The molecule has 0 amide bonds. The normalized spacial score (nSPS) is 19.2. The summed E-state index contributed by atoms with van der Waals surface area (Å²) in [5.74, 6) is -1.30. The number of fused-ring (bicyclic) bond motifs is 2. The molecule has 1 fully saturated rings. The molecule has 1 saturated carbocycles. The SMILES string of the molecule is Cc1nc2cc(C(=O)C3CCC(c4ccccc4)CC3)nn2c(-c2cc(F)c3c(c2C)CCCO3)c1C(OC(C)(C)C)C(=O)O. The number of aryl methyl sites for hydroxylation is 1. The van der Waals surface area contributed by atoms with E-state index >= 15 is 4.39 Å². The van der Waals surface area contributed by atoms with Gasteiger partial charge < -0.3 is 14.6 Å². The number of hydrogen-bond acceptors (Lipinski definition) is 6. The molecule has 1 aliphatic carbocycles. The van der Waals surface area contributed by atoms with Crippen LogP contribution in [-0.4, -0.2) is 43.7 Å². The zero-order chi connectivity index (χ0) is 32.0. The highest BCUT2D eigenvalue weighted by Gasteiger charge is 2.36. The first-order chi connectivity index (χ1) is 21.4. The molecule has 3 heterocycles. The van der Waals surface area contributed by atoms with Crippen molar-refractivity contribution in [3.05, 3.63) is 81.9 Å². The molecule has 8 nitrogen and oxygen atoms in total. The number of carboxylic acids is 1. The van der Waals surface area contributed by atoms with Crippen molar-refractivity contribution >= 4 is 17.4 Å². The van der Waals surface area contributed by atoms with Gasteiger partial charge in [0.1, 0.15) is 5.69 Å². The molecule has 4 aromatic rings. The third kappa shape index (κ3) is 5.98. The van der Waals surface area contributed by atoms with Gasteiger partial charge in [-0.2, -0.15) is 5.10 Å². The average Bonchev–Trinajstić information content (AvgIpc) is 3.44. The monoisotopic (exact) mass is 613 g/mol. The summed E-state index contributed by atoms with van der Waals surface area (Å²) in [6, 6.07) is 13.4. The largest absolute Gasteiger partial charge is 0.490 e.